The molecule has 0 aliphatic rings. The van der Waals surface area contributed by atoms with Crippen molar-refractivity contribution in [2.24, 2.45) is 0 Å². The highest BCUT2D eigenvalue weighted by molar-refractivity contribution is 5.85. The Morgan fingerprint density at radius 3 is 2.47 bits per heavy atom. The van der Waals surface area contributed by atoms with E-state index in [1.54, 1.807) is 26.3 Å². The maximum absolute atomic E-state index is 9.82. The van der Waals surface area contributed by atoms with Crippen LogP contribution in [0, 0.1) is 0 Å². The smallest absolute Gasteiger partial charge is 0.224 e. The van der Waals surface area contributed by atoms with Crippen LogP contribution in [-0.2, 0) is 5.41 Å². The van der Waals surface area contributed by atoms with Crippen molar-refractivity contribution in [3.63, 3.8) is 0 Å². The first kappa shape index (κ1) is 13.7. The van der Waals surface area contributed by atoms with Crippen LogP contribution in [0.5, 0.6) is 5.88 Å². The van der Waals surface area contributed by atoms with Crippen LogP contribution in [0.15, 0.2) is 12.3 Å². The highest BCUT2D eigenvalue weighted by atomic mass is 16.5. The van der Waals surface area contributed by atoms with Crippen LogP contribution < -0.4 is 4.74 Å². The number of hydrogen-bond donors (Lipinski definition) is 1. The van der Waals surface area contributed by atoms with Crippen LogP contribution in [0.2, 0.25) is 0 Å². The van der Waals surface area contributed by atoms with Crippen LogP contribution in [-0.4, -0.2) is 27.2 Å². The Kier molecular flexibility index (Phi) is 3.41. The molecule has 1 atom stereocenters. The van der Waals surface area contributed by atoms with Crippen LogP contribution in [0.25, 0.3) is 10.9 Å². The maximum Gasteiger partial charge on any atom is 0.224 e. The summed E-state index contributed by atoms with van der Waals surface area (Å²) in [5, 5.41) is 10.6. The lowest BCUT2D eigenvalue weighted by Crippen LogP contribution is -2.17. The minimum absolute atomic E-state index is 0.201. The molecule has 5 heteroatoms. The molecule has 0 radical (unpaired) electrons. The fraction of sp³-hybridized carbons (Fsp3) is 0.500. The molecule has 1 N–H and O–H groups in total. The molecule has 2 aromatic heterocycles. The molecule has 2 heterocycles. The predicted octanol–water partition coefficient (Wildman–Crippen LogP) is 2.38. The summed E-state index contributed by atoms with van der Waals surface area (Å²) in [6.45, 7) is 7.77. The number of pyridine rings is 1. The van der Waals surface area contributed by atoms with Gasteiger partial charge in [0, 0.05) is 11.6 Å². The number of aromatic nitrogens is 3. The van der Waals surface area contributed by atoms with E-state index in [0.717, 1.165) is 5.39 Å². The van der Waals surface area contributed by atoms with E-state index in [1.807, 2.05) is 20.8 Å². The first-order chi connectivity index (χ1) is 8.84. The van der Waals surface area contributed by atoms with E-state index in [9.17, 15) is 5.11 Å². The molecule has 19 heavy (non-hydrogen) atoms. The Morgan fingerprint density at radius 1 is 1.26 bits per heavy atom. The Bertz CT molecular complexity index is 603. The van der Waals surface area contributed by atoms with Gasteiger partial charge in [-0.15, -0.1) is 0 Å². The second-order valence-electron chi connectivity index (χ2n) is 5.57. The normalized spacial score (nSPS) is 13.6. The summed E-state index contributed by atoms with van der Waals surface area (Å²) in [6.07, 6.45) is 0.948. The molecule has 0 aromatic carbocycles. The monoisotopic (exact) mass is 261 g/mol. The first-order valence-electron chi connectivity index (χ1n) is 6.23. The first-order valence-corrected chi connectivity index (χ1v) is 6.23. The number of aliphatic hydroxyl groups excluding tert-OH is 1. The predicted molar refractivity (Wildman–Crippen MR) is 73.2 cm³/mol. The summed E-state index contributed by atoms with van der Waals surface area (Å²) in [4.78, 5) is 13.2. The molecule has 1 unspecified atom stereocenters. The fourth-order valence-corrected chi connectivity index (χ4v) is 1.84. The zero-order valence-electron chi connectivity index (χ0n) is 11.9. The molecule has 0 saturated carbocycles. The summed E-state index contributed by atoms with van der Waals surface area (Å²) in [5.41, 5.74) is 0.991. The van der Waals surface area contributed by atoms with Gasteiger partial charge in [0.05, 0.1) is 24.3 Å². The Labute approximate surface area is 112 Å². The second-order valence-corrected chi connectivity index (χ2v) is 5.57. The van der Waals surface area contributed by atoms with E-state index < -0.39 is 6.10 Å². The van der Waals surface area contributed by atoms with E-state index in [2.05, 4.69) is 15.0 Å². The molecule has 0 aliphatic heterocycles. The lowest BCUT2D eigenvalue weighted by Gasteiger charge is -2.19. The van der Waals surface area contributed by atoms with Crippen molar-refractivity contribution in [1.82, 2.24) is 15.0 Å². The molecule has 0 bridgehead atoms. The minimum atomic E-state index is -0.684. The van der Waals surface area contributed by atoms with Gasteiger partial charge in [0.15, 0.2) is 0 Å². The summed E-state index contributed by atoms with van der Waals surface area (Å²) in [5.74, 6) is 1.19. The molecule has 0 saturated heterocycles. The zero-order chi connectivity index (χ0) is 14.2. The lowest BCUT2D eigenvalue weighted by molar-refractivity contribution is 0.196. The third-order valence-corrected chi connectivity index (χ3v) is 2.87. The van der Waals surface area contributed by atoms with Gasteiger partial charge in [-0.3, -0.25) is 4.98 Å². The van der Waals surface area contributed by atoms with Crippen molar-refractivity contribution in [2.75, 3.05) is 7.11 Å². The zero-order valence-corrected chi connectivity index (χ0v) is 11.9. The van der Waals surface area contributed by atoms with Gasteiger partial charge in [0.2, 0.25) is 5.88 Å². The van der Waals surface area contributed by atoms with E-state index in [0.29, 0.717) is 22.9 Å². The van der Waals surface area contributed by atoms with E-state index in [1.165, 1.54) is 0 Å². The van der Waals surface area contributed by atoms with Gasteiger partial charge < -0.3 is 9.84 Å². The number of methoxy groups -OCH3 is 1. The molecule has 0 aliphatic carbocycles. The van der Waals surface area contributed by atoms with E-state index in [4.69, 9.17) is 4.74 Å². The van der Waals surface area contributed by atoms with Crippen LogP contribution in [0.1, 0.15) is 45.3 Å². The minimum Gasteiger partial charge on any atom is -0.480 e. The number of hydrogen-bond acceptors (Lipinski definition) is 5. The molecule has 2 rings (SSSR count). The van der Waals surface area contributed by atoms with Gasteiger partial charge in [0.1, 0.15) is 11.3 Å². The number of aliphatic hydroxyl groups is 1. The largest absolute Gasteiger partial charge is 0.480 e. The average molecular weight is 261 g/mol. The lowest BCUT2D eigenvalue weighted by atomic mass is 9.95. The third kappa shape index (κ3) is 2.51. The van der Waals surface area contributed by atoms with Crippen molar-refractivity contribution in [3.8, 4) is 5.88 Å². The SMILES string of the molecule is COc1nc(C(C)(C)C)nc2c(C(C)O)nccc12. The van der Waals surface area contributed by atoms with Crippen molar-refractivity contribution >= 4 is 10.9 Å². The molecule has 0 amide bonds. The van der Waals surface area contributed by atoms with Gasteiger partial charge in [-0.2, -0.15) is 4.98 Å². The van der Waals surface area contributed by atoms with Gasteiger partial charge in [-0.05, 0) is 13.0 Å². The van der Waals surface area contributed by atoms with E-state index in [-0.39, 0.29) is 5.41 Å². The second kappa shape index (κ2) is 4.74. The standard InChI is InChI=1S/C14H19N3O2/c1-8(18)10-11-9(6-7-15-10)12(19-5)17-13(16-11)14(2,3)4/h6-8,18H,1-5H3. The topological polar surface area (TPSA) is 68.1 Å². The van der Waals surface area contributed by atoms with Crippen molar-refractivity contribution < 1.29 is 9.84 Å². The molecule has 102 valence electrons. The molecule has 5 nitrogen and oxygen atoms in total. The van der Waals surface area contributed by atoms with Gasteiger partial charge >= 0.3 is 0 Å². The quantitative estimate of drug-likeness (QED) is 0.899. The van der Waals surface area contributed by atoms with Gasteiger partial charge in [0.25, 0.3) is 0 Å². The van der Waals surface area contributed by atoms with Crippen molar-refractivity contribution in [1.29, 1.82) is 0 Å². The average Bonchev–Trinajstić information content (AvgIpc) is 2.35. The highest BCUT2D eigenvalue weighted by Crippen LogP contribution is 2.30. The summed E-state index contributed by atoms with van der Waals surface area (Å²) in [6, 6.07) is 1.80. The summed E-state index contributed by atoms with van der Waals surface area (Å²) >= 11 is 0. The van der Waals surface area contributed by atoms with Crippen molar-refractivity contribution in [3.05, 3.63) is 23.8 Å². The van der Waals surface area contributed by atoms with Crippen LogP contribution in [0.3, 0.4) is 0 Å². The number of fused-ring (bicyclic) bond motifs is 1. The summed E-state index contributed by atoms with van der Waals surface area (Å²) in [7, 11) is 1.58. The molecular formula is C14H19N3O2. The maximum atomic E-state index is 9.82. The fourth-order valence-electron chi connectivity index (χ4n) is 1.84. The Hall–Kier alpha value is -1.75. The molecule has 2 aromatic rings. The van der Waals surface area contributed by atoms with Gasteiger partial charge in [-0.1, -0.05) is 20.8 Å². The highest BCUT2D eigenvalue weighted by Gasteiger charge is 2.22. The van der Waals surface area contributed by atoms with Crippen LogP contribution in [0.4, 0.5) is 0 Å². The molecule has 0 fully saturated rings. The van der Waals surface area contributed by atoms with Crippen LogP contribution >= 0.6 is 0 Å². The number of nitrogens with zero attached hydrogens (tertiary/aromatic N) is 3. The van der Waals surface area contributed by atoms with E-state index >= 15 is 0 Å². The van der Waals surface area contributed by atoms with Gasteiger partial charge in [-0.25, -0.2) is 4.98 Å². The Balaban J connectivity index is 2.82. The third-order valence-electron chi connectivity index (χ3n) is 2.87. The summed E-state index contributed by atoms with van der Waals surface area (Å²) < 4.78 is 5.34. The number of ether oxygens (including phenoxy) is 1. The Morgan fingerprint density at radius 2 is 1.95 bits per heavy atom. The number of rotatable bonds is 2. The van der Waals surface area contributed by atoms with Crippen molar-refractivity contribution in [2.45, 2.75) is 39.2 Å². The molecule has 0 spiro atoms. The molecular weight excluding hydrogens is 242 g/mol.